The number of ether oxygens (including phenoxy) is 4. The van der Waals surface area contributed by atoms with Gasteiger partial charge >= 0.3 is 12.2 Å². The zero-order valence-corrected chi connectivity index (χ0v) is 57.0. The first-order valence-electron chi connectivity index (χ1n) is 33.2. The third-order valence-corrected chi connectivity index (χ3v) is 18.6. The molecule has 3 saturated heterocycles. The Kier molecular flexibility index (Phi) is 22.9. The molecule has 0 saturated carbocycles. The van der Waals surface area contributed by atoms with Crippen molar-refractivity contribution in [1.29, 1.82) is 0 Å². The number of amides is 8. The smallest absolute Gasteiger partial charge is 0.410 e. The molecule has 0 aromatic heterocycles. The average Bonchev–Trinajstić information content (AvgIpc) is 1.60. The lowest BCUT2D eigenvalue weighted by molar-refractivity contribution is -0.144. The molecule has 520 valence electrons. The molecule has 5 heterocycles. The lowest BCUT2D eigenvalue weighted by Crippen LogP contribution is -2.64. The van der Waals surface area contributed by atoms with Gasteiger partial charge in [-0.2, -0.15) is 0 Å². The maximum absolute atomic E-state index is 15.2. The number of benzene rings is 4. The van der Waals surface area contributed by atoms with Gasteiger partial charge in [0.2, 0.25) is 29.5 Å². The summed E-state index contributed by atoms with van der Waals surface area (Å²) in [5.74, 6) is -6.73. The second-order valence-corrected chi connectivity index (χ2v) is 28.4. The first kappa shape index (κ1) is 72.1. The summed E-state index contributed by atoms with van der Waals surface area (Å²) in [6.07, 6.45) is 0.438. The minimum absolute atomic E-state index is 0.0822. The van der Waals surface area contributed by atoms with Gasteiger partial charge in [-0.1, -0.05) is 43.3 Å². The lowest BCUT2D eigenvalue weighted by Gasteiger charge is -2.47. The molecule has 25 heteroatoms. The number of hydrogen-bond acceptors (Lipinski definition) is 14. The second kappa shape index (κ2) is 30.5. The summed E-state index contributed by atoms with van der Waals surface area (Å²) in [6.45, 7) is 22.5. The highest BCUT2D eigenvalue weighted by molar-refractivity contribution is 6.04. The van der Waals surface area contributed by atoms with Crippen LogP contribution in [0.15, 0.2) is 78.9 Å². The Bertz CT molecular complexity index is 3500. The third kappa shape index (κ3) is 17.9. The van der Waals surface area contributed by atoms with Crippen LogP contribution >= 0.6 is 0 Å². The molecular weight excluding hydrogens is 1240 g/mol. The van der Waals surface area contributed by atoms with Crippen molar-refractivity contribution in [3.8, 4) is 0 Å². The molecule has 5 aliphatic heterocycles. The average molecular weight is 1340 g/mol. The number of para-hydroxylation sites is 1. The molecule has 0 aliphatic carbocycles. The number of hydrogen-bond donors (Lipinski definition) is 4. The van der Waals surface area contributed by atoms with Gasteiger partial charge in [-0.15, -0.1) is 0 Å². The molecule has 7 atom stereocenters. The van der Waals surface area contributed by atoms with Crippen LogP contribution in [-0.2, 0) is 66.1 Å². The minimum Gasteiger partial charge on any atom is -0.444 e. The van der Waals surface area contributed by atoms with Crippen LogP contribution in [0, 0.1) is 23.4 Å². The minimum atomic E-state index is -1.55. The van der Waals surface area contributed by atoms with Crippen molar-refractivity contribution >= 4 is 64.7 Å². The summed E-state index contributed by atoms with van der Waals surface area (Å²) < 4.78 is 67.0. The molecule has 4 aromatic carbocycles. The predicted molar refractivity (Wildman–Crippen MR) is 354 cm³/mol. The number of anilines is 3. The monoisotopic (exact) mass is 1330 g/mol. The van der Waals surface area contributed by atoms with E-state index in [-0.39, 0.29) is 73.9 Å². The molecule has 22 nitrogen and oxygen atoms in total. The number of carbonyl (C=O) groups is 8. The van der Waals surface area contributed by atoms with E-state index in [0.29, 0.717) is 83.6 Å². The van der Waals surface area contributed by atoms with Crippen LogP contribution in [0.3, 0.4) is 0 Å². The zero-order chi connectivity index (χ0) is 69.6. The first-order chi connectivity index (χ1) is 45.3. The summed E-state index contributed by atoms with van der Waals surface area (Å²) in [6, 6.07) is 15.8. The van der Waals surface area contributed by atoms with Crippen LogP contribution in [0.5, 0.6) is 0 Å². The van der Waals surface area contributed by atoms with Crippen LogP contribution < -0.4 is 26.2 Å². The van der Waals surface area contributed by atoms with Crippen LogP contribution in [0.4, 0.5) is 39.8 Å². The fourth-order valence-corrected chi connectivity index (χ4v) is 13.3. The summed E-state index contributed by atoms with van der Waals surface area (Å²) in [7, 11) is 1.39. The standard InChI is InChI=1S/C71H93F3N10O12/c1-43-36-81(52(38-80-28-31-94-41-44(80)2)39-82(43)68(92)96-70(7,8)9)40-60(87)84-42-71(10,54-23-18-47(33-57(54)84)32-46-16-20-50(72)21-17-46)26-13-27-75-58(85)35-59(86)76-51-22-19-49-37-83(63(53(49)34-51)65(89)78-62-55(73)14-12-15-56(62)74)66(90)61(48-24-29-93-30-25-48)77-64(88)45(3)79(11)67(91)95-69(4,5)6/h12,14-23,33-34,43-45,48,52,61,63H,13,24-32,35-42H2,1-11H3,(H,75,85)(H,76,86)(H,77,88)(H,78,89)/t43?,44?,45-,52-,61?,63?,71?/m0/s1. The SMILES string of the molecule is CC1COCCN1C[C@H]1CN(C(=O)OC(C)(C)C)C(C)CN1CC(=O)N1CC(C)(CCCNC(=O)CC(=O)Nc2ccc3c(c2)C(C(=O)Nc2c(F)cccc2F)N(C(=O)C(NC(=O)[C@H](C)N(C)C(=O)OC(C)(C)C)C2CCOCC2)C3)c2ccc(Cc3ccc(F)cc3)cc21. The van der Waals surface area contributed by atoms with Crippen molar-refractivity contribution in [3.63, 3.8) is 0 Å². The fourth-order valence-electron chi connectivity index (χ4n) is 13.3. The number of rotatable bonds is 20. The Labute approximate surface area is 560 Å². The van der Waals surface area contributed by atoms with E-state index in [9.17, 15) is 33.2 Å². The Morgan fingerprint density at radius 1 is 0.771 bits per heavy atom. The van der Waals surface area contributed by atoms with E-state index in [4.69, 9.17) is 18.9 Å². The topological polar surface area (TPSA) is 241 Å². The number of carbonyl (C=O) groups excluding carboxylic acids is 8. The van der Waals surface area contributed by atoms with Crippen molar-refractivity contribution in [1.82, 2.24) is 35.1 Å². The van der Waals surface area contributed by atoms with Crippen LogP contribution in [-0.4, -0.2) is 193 Å². The molecule has 4 aromatic rings. The van der Waals surface area contributed by atoms with Gasteiger partial charge in [0.1, 0.15) is 58.9 Å². The van der Waals surface area contributed by atoms with Crippen molar-refractivity contribution in [2.45, 2.75) is 167 Å². The second-order valence-electron chi connectivity index (χ2n) is 28.4. The first-order valence-corrected chi connectivity index (χ1v) is 33.2. The van der Waals surface area contributed by atoms with Crippen LogP contribution in [0.1, 0.15) is 135 Å². The molecule has 0 spiro atoms. The number of nitrogens with zero attached hydrogens (tertiary/aromatic N) is 6. The molecule has 4 N–H and O–H groups in total. The van der Waals surface area contributed by atoms with E-state index in [2.05, 4.69) is 44.9 Å². The Balaban J connectivity index is 0.874. The Hall–Kier alpha value is -8.13. The lowest BCUT2D eigenvalue weighted by atomic mass is 9.80. The van der Waals surface area contributed by atoms with Crippen molar-refractivity contribution in [3.05, 3.63) is 124 Å². The molecule has 0 radical (unpaired) electrons. The predicted octanol–water partition coefficient (Wildman–Crippen LogP) is 8.44. The number of morpholine rings is 1. The van der Waals surface area contributed by atoms with Crippen LogP contribution in [0.25, 0.3) is 0 Å². The summed E-state index contributed by atoms with van der Waals surface area (Å²) in [5.41, 5.74) is 1.47. The molecule has 0 bridgehead atoms. The Morgan fingerprint density at radius 3 is 2.14 bits per heavy atom. The molecule has 96 heavy (non-hydrogen) atoms. The molecule has 9 rings (SSSR count). The van der Waals surface area contributed by atoms with Gasteiger partial charge in [0, 0.05) is 101 Å². The molecular formula is C71H93F3N10O12. The summed E-state index contributed by atoms with van der Waals surface area (Å²) in [4.78, 5) is 123. The number of fused-ring (bicyclic) bond motifs is 2. The van der Waals surface area contributed by atoms with Gasteiger partial charge in [0.05, 0.1) is 19.8 Å². The van der Waals surface area contributed by atoms with Gasteiger partial charge in [0.15, 0.2) is 0 Å². The van der Waals surface area contributed by atoms with Crippen molar-refractivity contribution < 1.29 is 70.5 Å². The van der Waals surface area contributed by atoms with E-state index in [1.807, 2.05) is 50.8 Å². The molecule has 3 fully saturated rings. The van der Waals surface area contributed by atoms with Gasteiger partial charge < -0.3 is 54.9 Å². The molecule has 5 aliphatic rings. The van der Waals surface area contributed by atoms with Gasteiger partial charge in [0.25, 0.3) is 5.91 Å². The number of nitrogens with one attached hydrogen (secondary N) is 4. The highest BCUT2D eigenvalue weighted by Crippen LogP contribution is 2.45. The van der Waals surface area contributed by atoms with Crippen molar-refractivity contribution in [2.75, 3.05) is 94.8 Å². The van der Waals surface area contributed by atoms with E-state index < -0.39 is 106 Å². The number of piperazine rings is 1. The van der Waals surface area contributed by atoms with Gasteiger partial charge in [-0.3, -0.25) is 43.5 Å². The maximum Gasteiger partial charge on any atom is 0.410 e. The highest BCUT2D eigenvalue weighted by atomic mass is 19.1. The van der Waals surface area contributed by atoms with Crippen LogP contribution in [0.2, 0.25) is 0 Å². The molecule has 8 amide bonds. The maximum atomic E-state index is 15.2. The highest BCUT2D eigenvalue weighted by Gasteiger charge is 2.47. The van der Waals surface area contributed by atoms with E-state index >= 15 is 18.4 Å². The van der Waals surface area contributed by atoms with Crippen molar-refractivity contribution in [2.24, 2.45) is 5.92 Å². The van der Waals surface area contributed by atoms with E-state index in [1.54, 1.807) is 43.9 Å². The summed E-state index contributed by atoms with van der Waals surface area (Å²) >= 11 is 0. The normalized spacial score (nSPS) is 21.5. The third-order valence-electron chi connectivity index (χ3n) is 18.6. The number of halogens is 3. The van der Waals surface area contributed by atoms with E-state index in [1.165, 1.54) is 43.1 Å². The van der Waals surface area contributed by atoms with E-state index in [0.717, 1.165) is 45.5 Å². The fraction of sp³-hybridized carbons (Fsp3) is 0.549. The summed E-state index contributed by atoms with van der Waals surface area (Å²) in [5, 5.41) is 10.8. The zero-order valence-electron chi connectivity index (χ0n) is 57.0. The number of likely N-dealkylation sites (N-methyl/N-ethyl adjacent to an activating group) is 1. The largest absolute Gasteiger partial charge is 0.444 e. The van der Waals surface area contributed by atoms with Gasteiger partial charge in [-0.25, -0.2) is 22.8 Å². The quantitative estimate of drug-likeness (QED) is 0.0480. The molecule has 5 unspecified atom stereocenters. The Morgan fingerprint density at radius 2 is 1.46 bits per heavy atom. The van der Waals surface area contributed by atoms with Gasteiger partial charge in [-0.05, 0) is 171 Å².